The molecule has 1 fully saturated rings. The van der Waals surface area contributed by atoms with Gasteiger partial charge in [-0.05, 0) is 31.9 Å². The van der Waals surface area contributed by atoms with Crippen molar-refractivity contribution < 1.29 is 14.4 Å². The normalized spacial score (nSPS) is 21.6. The molecule has 0 aromatic heterocycles. The Hall–Kier alpha value is -2.63. The van der Waals surface area contributed by atoms with Crippen LogP contribution in [0, 0.1) is 0 Å². The fraction of sp³-hybridized carbons (Fsp3) is 0.312. The summed E-state index contributed by atoms with van der Waals surface area (Å²) in [4.78, 5) is 40.3. The van der Waals surface area contributed by atoms with E-state index in [1.807, 2.05) is 6.92 Å². The van der Waals surface area contributed by atoms with Crippen LogP contribution < -0.4 is 5.73 Å². The highest BCUT2D eigenvalue weighted by atomic mass is 16.2. The molecule has 0 saturated carbocycles. The van der Waals surface area contributed by atoms with E-state index in [1.165, 1.54) is 4.90 Å². The van der Waals surface area contributed by atoms with E-state index in [2.05, 4.69) is 6.58 Å². The van der Waals surface area contributed by atoms with E-state index in [9.17, 15) is 14.4 Å². The number of nitrogen functional groups attached to an aromatic ring is 1. The summed E-state index contributed by atoms with van der Waals surface area (Å²) in [6, 6.07) is 4.00. The van der Waals surface area contributed by atoms with Gasteiger partial charge in [-0.1, -0.05) is 12.6 Å². The van der Waals surface area contributed by atoms with E-state index in [1.54, 1.807) is 18.2 Å². The Labute approximate surface area is 128 Å². The third-order valence-electron chi connectivity index (χ3n) is 4.25. The maximum atomic E-state index is 12.6. The van der Waals surface area contributed by atoms with Gasteiger partial charge in [0.15, 0.2) is 0 Å². The minimum Gasteiger partial charge on any atom is -0.398 e. The Morgan fingerprint density at radius 1 is 1.27 bits per heavy atom. The quantitative estimate of drug-likeness (QED) is 0.660. The second-order valence-electron chi connectivity index (χ2n) is 5.45. The Morgan fingerprint density at radius 3 is 2.64 bits per heavy atom. The summed E-state index contributed by atoms with van der Waals surface area (Å²) in [6.07, 6.45) is 0.979. The molecule has 2 heterocycles. The molecule has 2 aliphatic heterocycles. The van der Waals surface area contributed by atoms with Crippen LogP contribution in [0.4, 0.5) is 5.69 Å². The number of anilines is 1. The maximum absolute atomic E-state index is 12.6. The van der Waals surface area contributed by atoms with Crippen LogP contribution in [0.2, 0.25) is 0 Å². The highest BCUT2D eigenvalue weighted by Crippen LogP contribution is 2.33. The first kappa shape index (κ1) is 14.3. The number of carbonyl (C=O) groups is 3. The Balaban J connectivity index is 1.99. The third kappa shape index (κ3) is 1.83. The van der Waals surface area contributed by atoms with Crippen LogP contribution in [-0.2, 0) is 4.79 Å². The molecule has 0 aliphatic carbocycles. The highest BCUT2D eigenvalue weighted by molar-refractivity contribution is 6.25. The summed E-state index contributed by atoms with van der Waals surface area (Å²) in [6.45, 7) is 6.18. The average molecular weight is 299 g/mol. The van der Waals surface area contributed by atoms with Crippen molar-refractivity contribution in [3.8, 4) is 0 Å². The van der Waals surface area contributed by atoms with Gasteiger partial charge in [-0.2, -0.15) is 0 Å². The minimum atomic E-state index is -0.780. The number of likely N-dealkylation sites (N-methyl/N-ethyl adjacent to an activating group) is 1. The van der Waals surface area contributed by atoms with E-state index in [-0.39, 0.29) is 22.7 Å². The number of imide groups is 1. The van der Waals surface area contributed by atoms with Gasteiger partial charge < -0.3 is 10.6 Å². The van der Waals surface area contributed by atoms with Gasteiger partial charge in [0.05, 0.1) is 11.1 Å². The van der Waals surface area contributed by atoms with E-state index in [4.69, 9.17) is 5.73 Å². The van der Waals surface area contributed by atoms with Crippen LogP contribution in [0.3, 0.4) is 0 Å². The standard InChI is InChI=1S/C16H17N3O3/c1-3-18-9(2)7-8-12(15(18)21)19-14(20)10-5-4-6-11(17)13(10)16(19)22/h4-6,12H,2-3,7-8,17H2,1H3. The van der Waals surface area contributed by atoms with Gasteiger partial charge in [0.25, 0.3) is 11.8 Å². The summed E-state index contributed by atoms with van der Waals surface area (Å²) in [5.74, 6) is -1.19. The number of carbonyl (C=O) groups excluding carboxylic acids is 3. The molecule has 1 aromatic carbocycles. The van der Waals surface area contributed by atoms with Crippen molar-refractivity contribution >= 4 is 23.4 Å². The molecule has 0 spiro atoms. The zero-order valence-corrected chi connectivity index (χ0v) is 12.3. The zero-order valence-electron chi connectivity index (χ0n) is 12.3. The largest absolute Gasteiger partial charge is 0.398 e. The smallest absolute Gasteiger partial charge is 0.264 e. The van der Waals surface area contributed by atoms with Gasteiger partial charge in [-0.25, -0.2) is 0 Å². The van der Waals surface area contributed by atoms with Gasteiger partial charge in [0, 0.05) is 17.9 Å². The minimum absolute atomic E-state index is 0.202. The zero-order chi connectivity index (χ0) is 16.0. The van der Waals surface area contributed by atoms with Gasteiger partial charge in [-0.15, -0.1) is 0 Å². The van der Waals surface area contributed by atoms with E-state index in [0.29, 0.717) is 19.4 Å². The number of benzene rings is 1. The van der Waals surface area contributed by atoms with Crippen LogP contribution in [0.15, 0.2) is 30.5 Å². The second-order valence-corrected chi connectivity index (χ2v) is 5.45. The number of amides is 3. The van der Waals surface area contributed by atoms with E-state index >= 15 is 0 Å². The SMILES string of the molecule is C=C1CCC(N2C(=O)c3cccc(N)c3C2=O)C(=O)N1CC. The molecule has 22 heavy (non-hydrogen) atoms. The van der Waals surface area contributed by atoms with Crippen molar-refractivity contribution in [1.82, 2.24) is 9.80 Å². The van der Waals surface area contributed by atoms with Crippen molar-refractivity contribution in [2.45, 2.75) is 25.8 Å². The Bertz CT molecular complexity index is 711. The molecule has 114 valence electrons. The lowest BCUT2D eigenvalue weighted by Gasteiger charge is -2.36. The van der Waals surface area contributed by atoms with Crippen molar-refractivity contribution in [3.63, 3.8) is 0 Å². The molecule has 3 rings (SSSR count). The predicted octanol–water partition coefficient (Wildman–Crippen LogP) is 1.39. The number of piperidine rings is 1. The molecule has 6 heteroatoms. The predicted molar refractivity (Wildman–Crippen MR) is 80.9 cm³/mol. The molecule has 1 aromatic rings. The van der Waals surface area contributed by atoms with Crippen LogP contribution in [0.25, 0.3) is 0 Å². The van der Waals surface area contributed by atoms with Crippen molar-refractivity contribution in [3.05, 3.63) is 41.6 Å². The van der Waals surface area contributed by atoms with Gasteiger partial charge in [0.1, 0.15) is 6.04 Å². The molecule has 6 nitrogen and oxygen atoms in total. The second kappa shape index (κ2) is 4.98. The molecule has 1 atom stereocenters. The lowest BCUT2D eigenvalue weighted by molar-refractivity contribution is -0.135. The number of fused-ring (bicyclic) bond motifs is 1. The fourth-order valence-electron chi connectivity index (χ4n) is 3.13. The Kier molecular flexibility index (Phi) is 3.24. The number of nitrogens with zero attached hydrogens (tertiary/aromatic N) is 2. The van der Waals surface area contributed by atoms with Crippen molar-refractivity contribution in [2.75, 3.05) is 12.3 Å². The summed E-state index contributed by atoms with van der Waals surface area (Å²) < 4.78 is 0. The van der Waals surface area contributed by atoms with Crippen molar-refractivity contribution in [2.24, 2.45) is 0 Å². The molecule has 0 bridgehead atoms. The highest BCUT2D eigenvalue weighted by Gasteiger charge is 2.46. The topological polar surface area (TPSA) is 83.7 Å². The number of hydrogen-bond acceptors (Lipinski definition) is 4. The molecule has 2 aliphatic rings. The van der Waals surface area contributed by atoms with Crippen LogP contribution in [0.5, 0.6) is 0 Å². The summed E-state index contributed by atoms with van der Waals surface area (Å²) in [5, 5.41) is 0. The molecule has 1 unspecified atom stereocenters. The number of nitrogens with two attached hydrogens (primary N) is 1. The molecular weight excluding hydrogens is 282 g/mol. The van der Waals surface area contributed by atoms with Crippen LogP contribution in [-0.4, -0.2) is 40.1 Å². The number of rotatable bonds is 2. The van der Waals surface area contributed by atoms with Gasteiger partial charge >= 0.3 is 0 Å². The molecule has 0 radical (unpaired) electrons. The molecule has 3 amide bonds. The van der Waals surface area contributed by atoms with Crippen molar-refractivity contribution in [1.29, 1.82) is 0 Å². The van der Waals surface area contributed by atoms with Crippen LogP contribution >= 0.6 is 0 Å². The lowest BCUT2D eigenvalue weighted by atomic mass is 10.0. The average Bonchev–Trinajstić information content (AvgIpc) is 2.73. The molecular formula is C16H17N3O3. The first-order chi connectivity index (χ1) is 10.5. The first-order valence-corrected chi connectivity index (χ1v) is 7.23. The number of likely N-dealkylation sites (tertiary alicyclic amines) is 1. The third-order valence-corrected chi connectivity index (χ3v) is 4.25. The molecule has 2 N–H and O–H groups in total. The summed E-state index contributed by atoms with van der Waals surface area (Å²) in [5.41, 5.74) is 7.27. The Morgan fingerprint density at radius 2 is 2.00 bits per heavy atom. The number of allylic oxidation sites excluding steroid dienone is 1. The molecule has 1 saturated heterocycles. The lowest BCUT2D eigenvalue weighted by Crippen LogP contribution is -2.53. The summed E-state index contributed by atoms with van der Waals surface area (Å²) in [7, 11) is 0. The van der Waals surface area contributed by atoms with Gasteiger partial charge in [-0.3, -0.25) is 19.3 Å². The van der Waals surface area contributed by atoms with E-state index < -0.39 is 17.9 Å². The number of hydrogen-bond donors (Lipinski definition) is 1. The monoisotopic (exact) mass is 299 g/mol. The maximum Gasteiger partial charge on any atom is 0.264 e. The fourth-order valence-corrected chi connectivity index (χ4v) is 3.13. The summed E-state index contributed by atoms with van der Waals surface area (Å²) >= 11 is 0. The van der Waals surface area contributed by atoms with Crippen LogP contribution in [0.1, 0.15) is 40.5 Å². The first-order valence-electron chi connectivity index (χ1n) is 7.23. The van der Waals surface area contributed by atoms with Gasteiger partial charge in [0.2, 0.25) is 5.91 Å². The van der Waals surface area contributed by atoms with E-state index in [0.717, 1.165) is 10.6 Å².